The normalized spacial score (nSPS) is 11.7. The molecule has 0 radical (unpaired) electrons. The standard InChI is InChI=1S/C13H14N2O2/c1-3-17-12-7-5-4-6-10(12)8-11-13(16)15-9(2)14-11/h4-8,14H,2-3H2,1H3,(H,15,16)/b11-8+. The number of hydrogen-bond donors (Lipinski definition) is 2. The Balaban J connectivity index is 2.55. The summed E-state index contributed by atoms with van der Waals surface area (Å²) in [5.74, 6) is 0.759. The topological polar surface area (TPSA) is 57.9 Å². The lowest BCUT2D eigenvalue weighted by Gasteiger charge is -2.05. The van der Waals surface area contributed by atoms with Gasteiger partial charge in [-0.15, -0.1) is 0 Å². The summed E-state index contributed by atoms with van der Waals surface area (Å²) in [6.45, 7) is 6.15. The Morgan fingerprint density at radius 2 is 2.12 bits per heavy atom. The molecular weight excluding hydrogens is 216 g/mol. The van der Waals surface area contributed by atoms with Crippen molar-refractivity contribution in [3.8, 4) is 5.75 Å². The lowest BCUT2D eigenvalue weighted by Crippen LogP contribution is -2.22. The van der Waals surface area contributed by atoms with Crippen LogP contribution in [0.25, 0.3) is 12.7 Å². The van der Waals surface area contributed by atoms with Gasteiger partial charge in [0.05, 0.1) is 6.61 Å². The Bertz CT molecular complexity index is 667. The zero-order valence-electron chi connectivity index (χ0n) is 9.62. The van der Waals surface area contributed by atoms with Crippen molar-refractivity contribution in [1.82, 2.24) is 9.97 Å². The Morgan fingerprint density at radius 1 is 1.35 bits per heavy atom. The van der Waals surface area contributed by atoms with Crippen LogP contribution in [0.3, 0.4) is 0 Å². The maximum Gasteiger partial charge on any atom is 0.273 e. The lowest BCUT2D eigenvalue weighted by molar-refractivity contribution is 0.339. The number of nitrogens with one attached hydrogen (secondary N) is 2. The molecule has 0 fully saturated rings. The third kappa shape index (κ3) is 2.47. The van der Waals surface area contributed by atoms with E-state index in [9.17, 15) is 4.79 Å². The van der Waals surface area contributed by atoms with E-state index in [2.05, 4.69) is 16.5 Å². The molecule has 0 saturated heterocycles. The van der Waals surface area contributed by atoms with E-state index in [4.69, 9.17) is 4.74 Å². The molecule has 1 aromatic heterocycles. The molecule has 2 rings (SSSR count). The fourth-order valence-corrected chi connectivity index (χ4v) is 1.60. The quantitative estimate of drug-likeness (QED) is 0.799. The second kappa shape index (κ2) is 4.74. The summed E-state index contributed by atoms with van der Waals surface area (Å²) in [4.78, 5) is 17.0. The van der Waals surface area contributed by atoms with Gasteiger partial charge in [0, 0.05) is 5.56 Å². The Kier molecular flexibility index (Phi) is 3.14. The summed E-state index contributed by atoms with van der Waals surface area (Å²) in [5, 5.41) is 0.474. The highest BCUT2D eigenvalue weighted by Gasteiger charge is 2.00. The van der Waals surface area contributed by atoms with Crippen molar-refractivity contribution in [2.75, 3.05) is 6.61 Å². The number of aromatic nitrogens is 2. The van der Waals surface area contributed by atoms with Crippen molar-refractivity contribution >= 4 is 12.7 Å². The maximum atomic E-state index is 11.5. The van der Waals surface area contributed by atoms with Gasteiger partial charge in [0.15, 0.2) is 0 Å². The average Bonchev–Trinajstić information content (AvgIpc) is 2.61. The van der Waals surface area contributed by atoms with Gasteiger partial charge in [0.1, 0.15) is 16.6 Å². The van der Waals surface area contributed by atoms with Crippen molar-refractivity contribution < 1.29 is 4.74 Å². The van der Waals surface area contributed by atoms with Gasteiger partial charge in [-0.3, -0.25) is 4.79 Å². The number of benzene rings is 1. The molecule has 0 aliphatic heterocycles. The molecule has 0 bridgehead atoms. The first kappa shape index (κ1) is 11.3. The molecule has 0 aliphatic carbocycles. The number of para-hydroxylation sites is 1. The molecule has 4 heteroatoms. The minimum atomic E-state index is -0.179. The Hall–Kier alpha value is -2.23. The molecule has 2 N–H and O–H groups in total. The number of imidazole rings is 1. The van der Waals surface area contributed by atoms with Crippen molar-refractivity contribution in [1.29, 1.82) is 0 Å². The van der Waals surface area contributed by atoms with Crippen LogP contribution in [0.1, 0.15) is 12.5 Å². The summed E-state index contributed by atoms with van der Waals surface area (Å²) in [7, 11) is 0. The van der Waals surface area contributed by atoms with E-state index >= 15 is 0 Å². The van der Waals surface area contributed by atoms with Gasteiger partial charge in [0.2, 0.25) is 0 Å². The van der Waals surface area contributed by atoms with Gasteiger partial charge in [-0.2, -0.15) is 0 Å². The predicted octanol–water partition coefficient (Wildman–Crippen LogP) is 0.341. The first-order chi connectivity index (χ1) is 8.20. The molecule has 0 spiro atoms. The van der Waals surface area contributed by atoms with Crippen LogP contribution in [-0.2, 0) is 0 Å². The first-order valence-electron chi connectivity index (χ1n) is 5.41. The summed E-state index contributed by atoms with van der Waals surface area (Å²) in [5.41, 5.74) is 1.18. The van der Waals surface area contributed by atoms with Crippen LogP contribution in [0.4, 0.5) is 0 Å². The average molecular weight is 230 g/mol. The van der Waals surface area contributed by atoms with E-state index in [0.29, 0.717) is 17.4 Å². The number of ether oxygens (including phenoxy) is 1. The fourth-order valence-electron chi connectivity index (χ4n) is 1.60. The Labute approximate surface area is 98.3 Å². The summed E-state index contributed by atoms with van der Waals surface area (Å²) >= 11 is 0. The largest absolute Gasteiger partial charge is 0.493 e. The van der Waals surface area contributed by atoms with E-state index in [-0.39, 0.29) is 5.56 Å². The molecule has 1 aromatic carbocycles. The molecule has 0 atom stereocenters. The van der Waals surface area contributed by atoms with Crippen LogP contribution in [0, 0.1) is 0 Å². The van der Waals surface area contributed by atoms with Crippen LogP contribution in [0.2, 0.25) is 0 Å². The van der Waals surface area contributed by atoms with Crippen molar-refractivity contribution in [3.05, 3.63) is 51.0 Å². The maximum absolute atomic E-state index is 11.5. The van der Waals surface area contributed by atoms with E-state index in [1.807, 2.05) is 31.2 Å². The molecular formula is C13H14N2O2. The minimum Gasteiger partial charge on any atom is -0.493 e. The van der Waals surface area contributed by atoms with Crippen LogP contribution >= 0.6 is 0 Å². The summed E-state index contributed by atoms with van der Waals surface area (Å²) in [6, 6.07) is 7.57. The summed E-state index contributed by atoms with van der Waals surface area (Å²) < 4.78 is 5.48. The van der Waals surface area contributed by atoms with Crippen molar-refractivity contribution in [2.45, 2.75) is 6.92 Å². The van der Waals surface area contributed by atoms with E-state index < -0.39 is 0 Å². The molecule has 0 unspecified atom stereocenters. The smallest absolute Gasteiger partial charge is 0.273 e. The highest BCUT2D eigenvalue weighted by Crippen LogP contribution is 2.17. The van der Waals surface area contributed by atoms with Crippen LogP contribution in [0.15, 0.2) is 29.1 Å². The molecule has 17 heavy (non-hydrogen) atoms. The molecule has 88 valence electrons. The Morgan fingerprint density at radius 3 is 2.76 bits per heavy atom. The SMILES string of the molecule is C=c1[nH]c(=O)/c(=C\c2ccccc2OCC)[nH]1. The lowest BCUT2D eigenvalue weighted by atomic mass is 10.2. The van der Waals surface area contributed by atoms with Gasteiger partial charge in [0.25, 0.3) is 5.56 Å². The first-order valence-corrected chi connectivity index (χ1v) is 5.41. The fraction of sp³-hybridized carbons (Fsp3) is 0.154. The van der Waals surface area contributed by atoms with Gasteiger partial charge in [-0.1, -0.05) is 24.8 Å². The number of H-pyrrole nitrogens is 2. The van der Waals surface area contributed by atoms with Gasteiger partial charge in [-0.25, -0.2) is 0 Å². The van der Waals surface area contributed by atoms with Gasteiger partial charge < -0.3 is 14.7 Å². The summed E-state index contributed by atoms with van der Waals surface area (Å²) in [6.07, 6.45) is 1.75. The number of aromatic amines is 2. The van der Waals surface area contributed by atoms with Crippen LogP contribution < -0.4 is 21.1 Å². The molecule has 1 heterocycles. The van der Waals surface area contributed by atoms with Crippen LogP contribution in [0.5, 0.6) is 5.75 Å². The monoisotopic (exact) mass is 230 g/mol. The number of rotatable bonds is 3. The van der Waals surface area contributed by atoms with E-state index in [1.165, 1.54) is 0 Å². The molecule has 4 nitrogen and oxygen atoms in total. The van der Waals surface area contributed by atoms with Gasteiger partial charge >= 0.3 is 0 Å². The zero-order chi connectivity index (χ0) is 12.3. The van der Waals surface area contributed by atoms with Gasteiger partial charge in [-0.05, 0) is 19.1 Å². The molecule has 0 aliphatic rings. The van der Waals surface area contributed by atoms with E-state index in [1.54, 1.807) is 6.08 Å². The third-order valence-corrected chi connectivity index (χ3v) is 2.31. The minimum absolute atomic E-state index is 0.179. The van der Waals surface area contributed by atoms with E-state index in [0.717, 1.165) is 11.3 Å². The zero-order valence-corrected chi connectivity index (χ0v) is 9.62. The second-order valence-corrected chi connectivity index (χ2v) is 3.59. The highest BCUT2D eigenvalue weighted by molar-refractivity contribution is 5.56. The van der Waals surface area contributed by atoms with Crippen molar-refractivity contribution in [2.24, 2.45) is 0 Å². The third-order valence-electron chi connectivity index (χ3n) is 2.31. The second-order valence-electron chi connectivity index (χ2n) is 3.59. The van der Waals surface area contributed by atoms with Crippen LogP contribution in [-0.4, -0.2) is 16.6 Å². The molecule has 2 aromatic rings. The molecule has 0 saturated carbocycles. The number of hydrogen-bond acceptors (Lipinski definition) is 2. The van der Waals surface area contributed by atoms with Crippen molar-refractivity contribution in [3.63, 3.8) is 0 Å². The molecule has 0 amide bonds. The predicted molar refractivity (Wildman–Crippen MR) is 67.4 cm³/mol. The highest BCUT2D eigenvalue weighted by atomic mass is 16.5.